The van der Waals surface area contributed by atoms with Gasteiger partial charge < -0.3 is 24.6 Å². The molecule has 10 nitrogen and oxygen atoms in total. The lowest BCUT2D eigenvalue weighted by Crippen LogP contribution is -2.42. The smallest absolute Gasteiger partial charge is 0.243 e. The Morgan fingerprint density at radius 1 is 0.935 bits per heavy atom. The number of aliphatic hydroxyl groups excluding tert-OH is 1. The average molecular weight is 632 g/mol. The van der Waals surface area contributed by atoms with Crippen LogP contribution in [0.5, 0.6) is 0 Å². The van der Waals surface area contributed by atoms with Crippen molar-refractivity contribution in [1.29, 1.82) is 0 Å². The Morgan fingerprint density at radius 2 is 1.70 bits per heavy atom. The SMILES string of the molecule is COCC1CCCN1CC1CC(c2ccc(CO)cc2)OC(c2cccc(-c3cccc(CNC(=O)CCCC(=O)NO)c3)c2)O1. The van der Waals surface area contributed by atoms with Gasteiger partial charge in [0.05, 0.1) is 25.4 Å². The summed E-state index contributed by atoms with van der Waals surface area (Å²) in [6.07, 6.45) is 2.91. The van der Waals surface area contributed by atoms with E-state index in [9.17, 15) is 14.7 Å². The zero-order chi connectivity index (χ0) is 32.3. The molecule has 2 heterocycles. The quantitative estimate of drug-likeness (QED) is 0.148. The third kappa shape index (κ3) is 9.22. The van der Waals surface area contributed by atoms with Crippen LogP contribution >= 0.6 is 0 Å². The second kappa shape index (κ2) is 16.8. The van der Waals surface area contributed by atoms with E-state index in [0.29, 0.717) is 25.6 Å². The minimum Gasteiger partial charge on any atom is -0.392 e. The molecule has 4 atom stereocenters. The topological polar surface area (TPSA) is 130 Å². The Morgan fingerprint density at radius 3 is 2.46 bits per heavy atom. The van der Waals surface area contributed by atoms with Gasteiger partial charge in [-0.1, -0.05) is 60.7 Å². The van der Waals surface area contributed by atoms with Gasteiger partial charge in [0, 0.05) is 51.1 Å². The number of aliphatic hydroxyl groups is 1. The highest BCUT2D eigenvalue weighted by Crippen LogP contribution is 2.39. The lowest BCUT2D eigenvalue weighted by atomic mass is 9.98. The Balaban J connectivity index is 1.29. The number of hydrogen-bond acceptors (Lipinski definition) is 8. The van der Waals surface area contributed by atoms with Crippen LogP contribution in [0.25, 0.3) is 11.1 Å². The van der Waals surface area contributed by atoms with Crippen LogP contribution in [0.2, 0.25) is 0 Å². The van der Waals surface area contributed by atoms with Crippen LogP contribution in [0.15, 0.2) is 72.8 Å². The molecule has 10 heteroatoms. The second-order valence-corrected chi connectivity index (χ2v) is 12.1. The minimum absolute atomic E-state index is 0.00187. The van der Waals surface area contributed by atoms with Crippen molar-refractivity contribution in [2.45, 2.75) is 76.2 Å². The van der Waals surface area contributed by atoms with Crippen molar-refractivity contribution in [1.82, 2.24) is 15.7 Å². The van der Waals surface area contributed by atoms with E-state index in [0.717, 1.165) is 65.7 Å². The molecule has 3 aromatic carbocycles. The summed E-state index contributed by atoms with van der Waals surface area (Å²) in [6.45, 7) is 2.92. The molecule has 0 aromatic heterocycles. The number of ether oxygens (including phenoxy) is 3. The van der Waals surface area contributed by atoms with E-state index in [1.54, 1.807) is 12.6 Å². The number of carbonyl (C=O) groups excluding carboxylic acids is 2. The number of hydroxylamine groups is 1. The standard InChI is InChI=1S/C36H45N3O7/c1-44-24-31-10-5-17-39(31)22-32-20-33(27-15-13-25(23-40)14-16-27)46-36(45-32)30-9-3-8-29(19-30)28-7-2-6-26(18-28)21-37-34(41)11-4-12-35(42)38-43/h2-3,6-9,13-16,18-19,31-33,36,40,43H,4-5,10-12,17,20-24H2,1H3,(H,37,41)(H,38,42). The van der Waals surface area contributed by atoms with Crippen LogP contribution in [-0.2, 0) is 37.0 Å². The molecule has 246 valence electrons. The lowest BCUT2D eigenvalue weighted by molar-refractivity contribution is -0.253. The molecule has 2 aliphatic heterocycles. The molecule has 4 N–H and O–H groups in total. The van der Waals surface area contributed by atoms with E-state index in [1.807, 2.05) is 54.6 Å². The summed E-state index contributed by atoms with van der Waals surface area (Å²) in [5.74, 6) is -0.654. The van der Waals surface area contributed by atoms with Gasteiger partial charge in [-0.05, 0) is 65.8 Å². The molecule has 0 radical (unpaired) electrons. The number of hydrogen-bond donors (Lipinski definition) is 4. The molecule has 0 spiro atoms. The molecular formula is C36H45N3O7. The molecule has 2 fully saturated rings. The highest BCUT2D eigenvalue weighted by Gasteiger charge is 2.35. The minimum atomic E-state index is -0.555. The molecule has 0 bridgehead atoms. The van der Waals surface area contributed by atoms with Crippen molar-refractivity contribution < 1.29 is 34.1 Å². The number of nitrogens with one attached hydrogen (secondary N) is 2. The zero-order valence-electron chi connectivity index (χ0n) is 26.4. The number of likely N-dealkylation sites (tertiary alicyclic amines) is 1. The Labute approximate surface area is 270 Å². The van der Waals surface area contributed by atoms with Crippen LogP contribution in [0.3, 0.4) is 0 Å². The van der Waals surface area contributed by atoms with Crippen LogP contribution in [-0.4, -0.2) is 66.0 Å². The molecule has 5 rings (SSSR count). The van der Waals surface area contributed by atoms with Crippen molar-refractivity contribution >= 4 is 11.8 Å². The summed E-state index contributed by atoms with van der Waals surface area (Å²) in [5, 5.41) is 21.0. The molecule has 4 unspecified atom stereocenters. The number of rotatable bonds is 14. The summed E-state index contributed by atoms with van der Waals surface area (Å²) < 4.78 is 18.8. The normalized spacial score (nSPS) is 21.6. The highest BCUT2D eigenvalue weighted by molar-refractivity contribution is 5.78. The van der Waals surface area contributed by atoms with Gasteiger partial charge in [0.25, 0.3) is 0 Å². The predicted octanol–water partition coefficient (Wildman–Crippen LogP) is 4.79. The van der Waals surface area contributed by atoms with Gasteiger partial charge in [-0.15, -0.1) is 0 Å². The van der Waals surface area contributed by atoms with Crippen molar-refractivity contribution in [3.8, 4) is 11.1 Å². The molecule has 0 saturated carbocycles. The lowest BCUT2D eigenvalue weighted by Gasteiger charge is -2.39. The van der Waals surface area contributed by atoms with Gasteiger partial charge in [0.15, 0.2) is 6.29 Å². The van der Waals surface area contributed by atoms with Crippen LogP contribution in [0.4, 0.5) is 0 Å². The van der Waals surface area contributed by atoms with Gasteiger partial charge in [0.2, 0.25) is 11.8 Å². The van der Waals surface area contributed by atoms with Crippen molar-refractivity contribution in [3.05, 3.63) is 95.1 Å². The molecule has 2 amide bonds. The molecular weight excluding hydrogens is 586 g/mol. The first-order valence-electron chi connectivity index (χ1n) is 16.1. The fraction of sp³-hybridized carbons (Fsp3) is 0.444. The van der Waals surface area contributed by atoms with Crippen molar-refractivity contribution in [3.63, 3.8) is 0 Å². The maximum absolute atomic E-state index is 12.3. The fourth-order valence-corrected chi connectivity index (χ4v) is 6.29. The predicted molar refractivity (Wildman–Crippen MR) is 172 cm³/mol. The number of amides is 2. The zero-order valence-corrected chi connectivity index (χ0v) is 26.4. The number of benzene rings is 3. The Bertz CT molecular complexity index is 1430. The van der Waals surface area contributed by atoms with Gasteiger partial charge in [0.1, 0.15) is 0 Å². The molecule has 2 aliphatic rings. The first-order valence-corrected chi connectivity index (χ1v) is 16.1. The molecule has 46 heavy (non-hydrogen) atoms. The fourth-order valence-electron chi connectivity index (χ4n) is 6.29. The summed E-state index contributed by atoms with van der Waals surface area (Å²) in [5.41, 5.74) is 7.42. The van der Waals surface area contributed by atoms with E-state index >= 15 is 0 Å². The number of carbonyl (C=O) groups is 2. The van der Waals surface area contributed by atoms with E-state index in [1.165, 1.54) is 0 Å². The maximum Gasteiger partial charge on any atom is 0.243 e. The summed E-state index contributed by atoms with van der Waals surface area (Å²) in [6, 6.07) is 24.6. The van der Waals surface area contributed by atoms with Crippen LogP contribution < -0.4 is 10.8 Å². The van der Waals surface area contributed by atoms with Gasteiger partial charge in [-0.2, -0.15) is 0 Å². The largest absolute Gasteiger partial charge is 0.392 e. The number of methoxy groups -OCH3 is 1. The highest BCUT2D eigenvalue weighted by atomic mass is 16.7. The monoisotopic (exact) mass is 631 g/mol. The third-order valence-corrected chi connectivity index (χ3v) is 8.75. The van der Waals surface area contributed by atoms with E-state index in [2.05, 4.69) is 28.4 Å². The van der Waals surface area contributed by atoms with Crippen LogP contribution in [0, 0.1) is 0 Å². The first kappa shape index (κ1) is 33.7. The van der Waals surface area contributed by atoms with Crippen LogP contribution in [0.1, 0.15) is 73.2 Å². The van der Waals surface area contributed by atoms with E-state index in [-0.39, 0.29) is 37.6 Å². The molecule has 3 aromatic rings. The summed E-state index contributed by atoms with van der Waals surface area (Å²) >= 11 is 0. The Kier molecular flexibility index (Phi) is 12.3. The second-order valence-electron chi connectivity index (χ2n) is 12.1. The van der Waals surface area contributed by atoms with Crippen molar-refractivity contribution in [2.24, 2.45) is 0 Å². The summed E-state index contributed by atoms with van der Waals surface area (Å²) in [7, 11) is 1.76. The van der Waals surface area contributed by atoms with Gasteiger partial charge in [-0.3, -0.25) is 19.7 Å². The average Bonchev–Trinajstić information content (AvgIpc) is 3.53. The van der Waals surface area contributed by atoms with Gasteiger partial charge >= 0.3 is 0 Å². The third-order valence-electron chi connectivity index (χ3n) is 8.75. The Hall–Kier alpha value is -3.64. The molecule has 0 aliphatic carbocycles. The van der Waals surface area contributed by atoms with Crippen molar-refractivity contribution in [2.75, 3.05) is 26.8 Å². The maximum atomic E-state index is 12.3. The van der Waals surface area contributed by atoms with E-state index in [4.69, 9.17) is 19.4 Å². The molecule has 2 saturated heterocycles. The summed E-state index contributed by atoms with van der Waals surface area (Å²) in [4.78, 5) is 25.9. The number of nitrogens with zero attached hydrogens (tertiary/aromatic N) is 1. The van der Waals surface area contributed by atoms with Gasteiger partial charge in [-0.25, -0.2) is 5.48 Å². The van der Waals surface area contributed by atoms with E-state index < -0.39 is 12.2 Å². The first-order chi connectivity index (χ1) is 22.4.